The Morgan fingerprint density at radius 3 is 1.21 bits per heavy atom. The molecule has 4 unspecified atom stereocenters. The standard InChI is InChI=1S/2C6H14N4O2.Ca.H4O7P2/c2*7-4(5(11)12)2-1-3-10-6(8)9;;1-8(2,3)7-9(4,5)6/h2*4H,1-3,7H2,(H,11,12)(H4,8,9,10);;(H2,1,2,3)(H2,4,5,6)/q;;+2;/p-2. The summed E-state index contributed by atoms with van der Waals surface area (Å²) in [6.45, 7) is 0.840. The zero-order valence-electron chi connectivity index (χ0n) is 18.0. The van der Waals surface area contributed by atoms with Crippen molar-refractivity contribution in [2.24, 2.45) is 44.4 Å². The Labute approximate surface area is 224 Å². The fourth-order valence-corrected chi connectivity index (χ4v) is 2.46. The second kappa shape index (κ2) is 21.2. The van der Waals surface area contributed by atoms with Gasteiger partial charge in [-0.2, -0.15) is 0 Å². The summed E-state index contributed by atoms with van der Waals surface area (Å²) in [5.41, 5.74) is 30.6. The minimum absolute atomic E-state index is 0. The molecule has 0 spiro atoms. The Morgan fingerprint density at radius 2 is 1.06 bits per heavy atom. The molecule has 0 aromatic rings. The molecule has 34 heavy (non-hydrogen) atoms. The maximum absolute atomic E-state index is 10.2. The molecule has 0 fully saturated rings. The first kappa shape index (κ1) is 40.1. The van der Waals surface area contributed by atoms with Gasteiger partial charge >= 0.3 is 49.7 Å². The summed E-state index contributed by atoms with van der Waals surface area (Å²) < 4.78 is 21.7. The van der Waals surface area contributed by atoms with Gasteiger partial charge in [-0.25, -0.2) is 4.31 Å². The van der Waals surface area contributed by atoms with Crippen LogP contribution in [0.2, 0.25) is 0 Å². The number of hydrogen-bond donors (Lipinski definition) is 10. The second-order valence-electron chi connectivity index (χ2n) is 5.81. The number of guanidine groups is 2. The number of carboxylic acid groups (broad SMARTS) is 2. The third kappa shape index (κ3) is 38.2. The number of aliphatic imine (C=N–C) groups is 2. The number of carboxylic acids is 2. The van der Waals surface area contributed by atoms with E-state index in [2.05, 4.69) is 14.3 Å². The van der Waals surface area contributed by atoms with Crippen molar-refractivity contribution in [3.63, 3.8) is 0 Å². The molecule has 16 N–H and O–H groups in total. The Morgan fingerprint density at radius 1 is 0.794 bits per heavy atom. The smallest absolute Gasteiger partial charge is 0.756 e. The fraction of sp³-hybridized carbons (Fsp3) is 0.667. The summed E-state index contributed by atoms with van der Waals surface area (Å²) in [5.74, 6) is -1.97. The van der Waals surface area contributed by atoms with E-state index >= 15 is 0 Å². The largest absolute Gasteiger partial charge is 2.00 e. The summed E-state index contributed by atoms with van der Waals surface area (Å²) in [5, 5.41) is 16.8. The third-order valence-corrected chi connectivity index (χ3v) is 4.43. The van der Waals surface area contributed by atoms with Crippen LogP contribution in [-0.2, 0) is 23.0 Å². The van der Waals surface area contributed by atoms with E-state index in [0.717, 1.165) is 0 Å². The summed E-state index contributed by atoms with van der Waals surface area (Å²) in [6.07, 6.45) is 1.91. The molecular weight excluding hydrogens is 534 g/mol. The molecule has 22 heteroatoms. The van der Waals surface area contributed by atoms with E-state index in [9.17, 15) is 28.5 Å². The van der Waals surface area contributed by atoms with Crippen LogP contribution in [0.25, 0.3) is 0 Å². The van der Waals surface area contributed by atoms with E-state index in [4.69, 9.17) is 54.4 Å². The maximum atomic E-state index is 10.2. The molecule has 0 saturated carbocycles. The van der Waals surface area contributed by atoms with Crippen LogP contribution in [0, 0.1) is 0 Å². The van der Waals surface area contributed by atoms with Gasteiger partial charge in [-0.15, -0.1) is 0 Å². The molecule has 0 bridgehead atoms. The van der Waals surface area contributed by atoms with Crippen molar-refractivity contribution in [1.29, 1.82) is 0 Å². The molecule has 0 aliphatic rings. The van der Waals surface area contributed by atoms with E-state index in [1.807, 2.05) is 0 Å². The van der Waals surface area contributed by atoms with Gasteiger partial charge < -0.3 is 64.2 Å². The van der Waals surface area contributed by atoms with Gasteiger partial charge in [0, 0.05) is 13.1 Å². The molecule has 0 heterocycles. The van der Waals surface area contributed by atoms with Crippen molar-refractivity contribution in [3.05, 3.63) is 0 Å². The van der Waals surface area contributed by atoms with Crippen LogP contribution >= 0.6 is 15.6 Å². The topological polar surface area (TPSA) is 385 Å². The zero-order valence-corrected chi connectivity index (χ0v) is 22.0. The van der Waals surface area contributed by atoms with Crippen LogP contribution in [0.4, 0.5) is 0 Å². The number of nitrogens with zero attached hydrogens (tertiary/aromatic N) is 2. The molecule has 0 radical (unpaired) electrons. The number of rotatable bonds is 12. The Hall–Kier alpha value is -1.08. The molecule has 196 valence electrons. The summed E-state index contributed by atoms with van der Waals surface area (Å²) in [4.78, 5) is 61.9. The van der Waals surface area contributed by atoms with E-state index in [0.29, 0.717) is 38.8 Å². The molecular formula is C12H30CaN8O11P2. The second-order valence-corrected chi connectivity index (χ2v) is 8.33. The van der Waals surface area contributed by atoms with Crippen LogP contribution in [0.3, 0.4) is 0 Å². The number of phosphoric acid groups is 2. The monoisotopic (exact) mass is 564 g/mol. The van der Waals surface area contributed by atoms with Crippen molar-refractivity contribution in [3.8, 4) is 0 Å². The van der Waals surface area contributed by atoms with Crippen molar-refractivity contribution in [1.82, 2.24) is 0 Å². The zero-order chi connectivity index (χ0) is 26.8. The fourth-order valence-electron chi connectivity index (χ4n) is 1.42. The van der Waals surface area contributed by atoms with Gasteiger partial charge in [0.1, 0.15) is 12.1 Å². The van der Waals surface area contributed by atoms with Gasteiger partial charge in [0.2, 0.25) is 0 Å². The van der Waals surface area contributed by atoms with Crippen molar-refractivity contribution in [2.75, 3.05) is 13.1 Å². The molecule has 19 nitrogen and oxygen atoms in total. The molecule has 0 amide bonds. The average molecular weight is 564 g/mol. The predicted octanol–water partition coefficient (Wildman–Crippen LogP) is -5.55. The van der Waals surface area contributed by atoms with E-state index in [1.165, 1.54) is 0 Å². The average Bonchev–Trinajstić information content (AvgIpc) is 2.59. The molecule has 0 saturated heterocycles. The molecule has 0 rings (SSSR count). The minimum Gasteiger partial charge on any atom is -0.756 e. The first-order chi connectivity index (χ1) is 14.8. The van der Waals surface area contributed by atoms with Crippen LogP contribution < -0.4 is 44.2 Å². The van der Waals surface area contributed by atoms with E-state index < -0.39 is 39.7 Å². The maximum Gasteiger partial charge on any atom is 2.00 e. The van der Waals surface area contributed by atoms with Gasteiger partial charge in [0.15, 0.2) is 11.9 Å². The number of hydrogen-bond acceptors (Lipinski definition) is 11. The minimum atomic E-state index is -5.36. The van der Waals surface area contributed by atoms with Gasteiger partial charge in [-0.1, -0.05) is 0 Å². The van der Waals surface area contributed by atoms with Gasteiger partial charge in [0.25, 0.3) is 15.6 Å². The van der Waals surface area contributed by atoms with E-state index in [-0.39, 0.29) is 49.7 Å². The number of carbonyl (C=O) groups is 2. The van der Waals surface area contributed by atoms with Gasteiger partial charge in [-0.05, 0) is 25.7 Å². The van der Waals surface area contributed by atoms with Crippen LogP contribution in [0.1, 0.15) is 25.7 Å². The SMILES string of the molecule is NC(N)=NCCCC(N)C(=O)O.NC(N)=NCCCC(N)C(=O)O.O=P([O-])(O)OP(=O)([O-])O.[Ca+2]. The summed E-state index contributed by atoms with van der Waals surface area (Å²) >= 11 is 0. The molecule has 0 aliphatic carbocycles. The Bertz CT molecular complexity index is 677. The quantitative estimate of drug-likeness (QED) is 0.0347. The van der Waals surface area contributed by atoms with Crippen LogP contribution in [0.5, 0.6) is 0 Å². The number of nitrogens with two attached hydrogens (primary N) is 6. The van der Waals surface area contributed by atoms with Crippen molar-refractivity contribution < 1.29 is 52.8 Å². The first-order valence-electron chi connectivity index (χ1n) is 8.65. The molecule has 0 aromatic heterocycles. The Kier molecular flexibility index (Phi) is 25.0. The predicted molar refractivity (Wildman–Crippen MR) is 118 cm³/mol. The van der Waals surface area contributed by atoms with Gasteiger partial charge in [-0.3, -0.25) is 28.7 Å². The Balaban J connectivity index is -0.000000198. The van der Waals surface area contributed by atoms with Crippen LogP contribution in [0.15, 0.2) is 9.98 Å². The van der Waals surface area contributed by atoms with Crippen molar-refractivity contribution in [2.45, 2.75) is 37.8 Å². The van der Waals surface area contributed by atoms with Crippen molar-refractivity contribution >= 4 is 77.2 Å². The van der Waals surface area contributed by atoms with Crippen LogP contribution in [-0.4, -0.2) is 107 Å². The third-order valence-electron chi connectivity index (χ3n) is 2.78. The summed E-state index contributed by atoms with van der Waals surface area (Å²) in [6, 6.07) is -1.64. The normalized spacial score (nSPS) is 15.0. The molecule has 4 atom stereocenters. The molecule has 0 aromatic carbocycles. The van der Waals surface area contributed by atoms with E-state index in [1.54, 1.807) is 0 Å². The summed E-state index contributed by atoms with van der Waals surface area (Å²) in [7, 11) is -10.7. The first-order valence-corrected chi connectivity index (χ1v) is 11.6. The molecule has 0 aliphatic heterocycles. The number of aliphatic carboxylic acids is 2. The van der Waals surface area contributed by atoms with Gasteiger partial charge in [0.05, 0.1) is 0 Å².